The molecule has 1 rings (SSSR count). The molecule has 0 fully saturated rings. The van der Waals surface area contributed by atoms with Crippen LogP contribution in [-0.2, 0) is 16.6 Å². The summed E-state index contributed by atoms with van der Waals surface area (Å²) in [5, 5.41) is 4.54. The molecule has 9 heteroatoms. The lowest BCUT2D eigenvalue weighted by Gasteiger charge is -2.22. The first-order valence-corrected chi connectivity index (χ1v) is 8.38. The monoisotopic (exact) mass is 330 g/mol. The number of hydrogen-bond acceptors (Lipinski definition) is 4. The number of hydrogen-bond donors (Lipinski definition) is 1. The van der Waals surface area contributed by atoms with Gasteiger partial charge in [-0.1, -0.05) is 13.8 Å². The lowest BCUT2D eigenvalue weighted by molar-refractivity contribution is -0.135. The van der Waals surface area contributed by atoms with E-state index in [9.17, 15) is 21.6 Å². The van der Waals surface area contributed by atoms with Crippen LogP contribution in [0.3, 0.4) is 0 Å². The number of halogens is 3. The second-order valence-corrected chi connectivity index (χ2v) is 6.94. The van der Waals surface area contributed by atoms with E-state index in [1.165, 1.54) is 24.3 Å². The van der Waals surface area contributed by atoms with Gasteiger partial charge in [0.25, 0.3) is 0 Å². The Kier molecular flexibility index (Phi) is 5.99. The second kappa shape index (κ2) is 6.88. The molecule has 0 spiro atoms. The summed E-state index contributed by atoms with van der Waals surface area (Å²) >= 11 is 1.21. The van der Waals surface area contributed by atoms with Crippen LogP contribution in [0.2, 0.25) is 0 Å². The number of rotatable bonds is 7. The predicted molar refractivity (Wildman–Crippen MR) is 72.2 cm³/mol. The Hall–Kier alpha value is -0.640. The van der Waals surface area contributed by atoms with Crippen molar-refractivity contribution in [1.29, 1.82) is 0 Å². The van der Waals surface area contributed by atoms with Crippen molar-refractivity contribution in [2.24, 2.45) is 0 Å². The molecule has 1 N–H and O–H groups in total. The fourth-order valence-corrected chi connectivity index (χ4v) is 4.45. The van der Waals surface area contributed by atoms with E-state index in [1.54, 1.807) is 5.38 Å². The molecule has 0 unspecified atom stereocenters. The molecule has 0 aliphatic heterocycles. The highest BCUT2D eigenvalue weighted by Crippen LogP contribution is 2.27. The zero-order valence-corrected chi connectivity index (χ0v) is 12.8. The number of thiophene rings is 1. The van der Waals surface area contributed by atoms with Gasteiger partial charge in [-0.2, -0.15) is 17.5 Å². The Morgan fingerprint density at radius 3 is 2.50 bits per heavy atom. The van der Waals surface area contributed by atoms with Gasteiger partial charge in [0.05, 0.1) is 4.90 Å². The summed E-state index contributed by atoms with van der Waals surface area (Å²) in [7, 11) is -4.12. The minimum atomic E-state index is -4.55. The van der Waals surface area contributed by atoms with Gasteiger partial charge in [-0.05, 0) is 18.0 Å². The number of nitrogens with one attached hydrogen (secondary N) is 1. The van der Waals surface area contributed by atoms with E-state index in [0.717, 1.165) is 0 Å². The first-order valence-electron chi connectivity index (χ1n) is 6.06. The zero-order valence-electron chi connectivity index (χ0n) is 11.2. The molecule has 1 heterocycles. The van der Waals surface area contributed by atoms with Gasteiger partial charge in [0.2, 0.25) is 10.0 Å². The molecule has 0 saturated carbocycles. The molecule has 0 atom stereocenters. The Labute approximate surface area is 120 Å². The van der Waals surface area contributed by atoms with Crippen molar-refractivity contribution < 1.29 is 21.6 Å². The van der Waals surface area contributed by atoms with Crippen LogP contribution in [0, 0.1) is 0 Å². The van der Waals surface area contributed by atoms with E-state index in [0.29, 0.717) is 22.3 Å². The minimum Gasteiger partial charge on any atom is -0.312 e. The summed E-state index contributed by atoms with van der Waals surface area (Å²) in [6.07, 6.45) is -4.55. The zero-order chi connectivity index (χ0) is 15.4. The summed E-state index contributed by atoms with van der Waals surface area (Å²) in [5.74, 6) is 0. The summed E-state index contributed by atoms with van der Waals surface area (Å²) in [6.45, 7) is 2.54. The Bertz CT molecular complexity index is 526. The fraction of sp³-hybridized carbons (Fsp3) is 0.636. The van der Waals surface area contributed by atoms with Crippen LogP contribution < -0.4 is 5.32 Å². The fourth-order valence-electron chi connectivity index (χ4n) is 1.63. The molecule has 0 bridgehead atoms. The quantitative estimate of drug-likeness (QED) is 0.835. The lowest BCUT2D eigenvalue weighted by atomic mass is 10.4. The smallest absolute Gasteiger partial charge is 0.312 e. The maximum Gasteiger partial charge on any atom is 0.402 e. The molecule has 116 valence electrons. The van der Waals surface area contributed by atoms with Crippen molar-refractivity contribution in [2.45, 2.75) is 31.5 Å². The predicted octanol–water partition coefficient (Wildman–Crippen LogP) is 2.43. The van der Waals surface area contributed by atoms with E-state index in [-0.39, 0.29) is 11.4 Å². The van der Waals surface area contributed by atoms with Gasteiger partial charge < -0.3 is 5.32 Å². The molecule has 20 heavy (non-hydrogen) atoms. The molecule has 1 aromatic heterocycles. The summed E-state index contributed by atoms with van der Waals surface area (Å²) in [4.78, 5) is 0.474. The van der Waals surface area contributed by atoms with E-state index in [1.807, 2.05) is 6.92 Å². The molecular formula is C11H17F3N2O2S2. The van der Waals surface area contributed by atoms with Crippen molar-refractivity contribution in [1.82, 2.24) is 9.62 Å². The molecule has 0 aromatic carbocycles. The highest BCUT2D eigenvalue weighted by atomic mass is 32.2. The third-order valence-corrected chi connectivity index (χ3v) is 5.62. The van der Waals surface area contributed by atoms with Crippen LogP contribution in [-0.4, -0.2) is 38.5 Å². The van der Waals surface area contributed by atoms with Crippen molar-refractivity contribution in [3.63, 3.8) is 0 Å². The largest absolute Gasteiger partial charge is 0.402 e. The van der Waals surface area contributed by atoms with Crippen LogP contribution in [0.5, 0.6) is 0 Å². The van der Waals surface area contributed by atoms with Crippen LogP contribution in [0.1, 0.15) is 18.7 Å². The first kappa shape index (κ1) is 17.4. The molecule has 0 saturated heterocycles. The molecular weight excluding hydrogens is 313 g/mol. The van der Waals surface area contributed by atoms with Gasteiger partial charge in [0.1, 0.15) is 6.54 Å². The number of alkyl halides is 3. The lowest BCUT2D eigenvalue weighted by Crippen LogP contribution is -2.39. The van der Waals surface area contributed by atoms with Crippen LogP contribution >= 0.6 is 11.3 Å². The standard InChI is InChI=1S/C11H17F3N2O2S2/c1-3-15-7-9-10(5-6-19-9)20(17,18)16(4-2)8-11(12,13)14/h5-6,15H,3-4,7-8H2,1-2H3. The third kappa shape index (κ3) is 4.44. The van der Waals surface area contributed by atoms with Crippen LogP contribution in [0.15, 0.2) is 16.3 Å². The number of nitrogens with zero attached hydrogens (tertiary/aromatic N) is 1. The average Bonchev–Trinajstić information content (AvgIpc) is 2.81. The Morgan fingerprint density at radius 2 is 2.00 bits per heavy atom. The minimum absolute atomic E-state index is 0.0467. The van der Waals surface area contributed by atoms with E-state index in [2.05, 4.69) is 5.32 Å². The highest BCUT2D eigenvalue weighted by molar-refractivity contribution is 7.89. The van der Waals surface area contributed by atoms with Crippen molar-refractivity contribution >= 4 is 21.4 Å². The van der Waals surface area contributed by atoms with Gasteiger partial charge in [-0.15, -0.1) is 11.3 Å². The Balaban J connectivity index is 3.05. The van der Waals surface area contributed by atoms with Gasteiger partial charge >= 0.3 is 6.18 Å². The van der Waals surface area contributed by atoms with E-state index in [4.69, 9.17) is 0 Å². The average molecular weight is 330 g/mol. The van der Waals surface area contributed by atoms with Crippen molar-refractivity contribution in [2.75, 3.05) is 19.6 Å². The maximum absolute atomic E-state index is 12.5. The van der Waals surface area contributed by atoms with Gasteiger partial charge in [0.15, 0.2) is 0 Å². The molecule has 4 nitrogen and oxygen atoms in total. The van der Waals surface area contributed by atoms with Gasteiger partial charge in [-0.3, -0.25) is 0 Å². The van der Waals surface area contributed by atoms with E-state index < -0.39 is 22.7 Å². The first-order chi connectivity index (χ1) is 9.22. The number of sulfonamides is 1. The molecule has 1 aromatic rings. The summed E-state index contributed by atoms with van der Waals surface area (Å²) < 4.78 is 62.4. The molecule has 0 aliphatic carbocycles. The summed E-state index contributed by atoms with van der Waals surface area (Å²) in [5.41, 5.74) is 0. The van der Waals surface area contributed by atoms with Gasteiger partial charge in [0, 0.05) is 18.0 Å². The highest BCUT2D eigenvalue weighted by Gasteiger charge is 2.37. The Morgan fingerprint density at radius 1 is 1.35 bits per heavy atom. The summed E-state index contributed by atoms with van der Waals surface area (Å²) in [6, 6.07) is 1.35. The topological polar surface area (TPSA) is 49.4 Å². The normalized spacial score (nSPS) is 13.1. The molecule has 0 amide bonds. The SMILES string of the molecule is CCNCc1sccc1S(=O)(=O)N(CC)CC(F)(F)F. The van der Waals surface area contributed by atoms with Crippen molar-refractivity contribution in [3.05, 3.63) is 16.3 Å². The maximum atomic E-state index is 12.5. The van der Waals surface area contributed by atoms with Crippen LogP contribution in [0.4, 0.5) is 13.2 Å². The molecule has 0 aliphatic rings. The van der Waals surface area contributed by atoms with Crippen LogP contribution in [0.25, 0.3) is 0 Å². The second-order valence-electron chi connectivity index (χ2n) is 4.03. The molecule has 0 radical (unpaired) electrons. The van der Waals surface area contributed by atoms with E-state index >= 15 is 0 Å². The van der Waals surface area contributed by atoms with Gasteiger partial charge in [-0.25, -0.2) is 8.42 Å². The van der Waals surface area contributed by atoms with Crippen molar-refractivity contribution in [3.8, 4) is 0 Å². The third-order valence-electron chi connectivity index (χ3n) is 2.57.